The summed E-state index contributed by atoms with van der Waals surface area (Å²) in [5.41, 5.74) is 0. The predicted octanol–water partition coefficient (Wildman–Crippen LogP) is 4.84. The number of aliphatic imine (C=N–C) groups is 3. The molecule has 82 heavy (non-hydrogen) atoms. The van der Waals surface area contributed by atoms with Crippen molar-refractivity contribution in [3.8, 4) is 0 Å². The quantitative estimate of drug-likeness (QED) is 0.155. The third-order valence-electron chi connectivity index (χ3n) is 15.4. The average molecular weight is 1150 g/mol. The monoisotopic (exact) mass is 1150 g/mol. The van der Waals surface area contributed by atoms with Gasteiger partial charge in [0.15, 0.2) is 5.78 Å². The average Bonchev–Trinajstić information content (AvgIpc) is 3.85. The fraction of sp³-hybridized carbons (Fsp3) is 0.627. The van der Waals surface area contributed by atoms with Gasteiger partial charge in [-0.1, -0.05) is 92.7 Å². The van der Waals surface area contributed by atoms with Crippen molar-refractivity contribution in [2.75, 3.05) is 6.54 Å². The van der Waals surface area contributed by atoms with Gasteiger partial charge < -0.3 is 53.0 Å². The number of carbonyl (C=O) groups is 9. The van der Waals surface area contributed by atoms with Gasteiger partial charge in [-0.3, -0.25) is 48.9 Å². The van der Waals surface area contributed by atoms with Gasteiger partial charge in [-0.05, 0) is 92.3 Å². The lowest BCUT2D eigenvalue weighted by atomic mass is 9.92. The third-order valence-corrected chi connectivity index (χ3v) is 15.4. The summed E-state index contributed by atoms with van der Waals surface area (Å²) >= 11 is 0. The molecule has 0 saturated carbocycles. The van der Waals surface area contributed by atoms with Crippen LogP contribution in [0, 0.1) is 53.3 Å². The minimum atomic E-state index is -0.393. The van der Waals surface area contributed by atoms with E-state index in [1.807, 2.05) is 81.7 Å². The molecule has 0 spiro atoms. The van der Waals surface area contributed by atoms with Crippen LogP contribution in [-0.4, -0.2) is 138 Å². The second-order valence-electron chi connectivity index (χ2n) is 22.2. The number of urea groups is 2. The number of amides is 10. The van der Waals surface area contributed by atoms with Gasteiger partial charge in [0.25, 0.3) is 11.8 Å². The fourth-order valence-corrected chi connectivity index (χ4v) is 7.17. The maximum absolute atomic E-state index is 11.0. The molecule has 18 unspecified atom stereocenters. The maximum Gasteiger partial charge on any atom is 0.321 e. The van der Waals surface area contributed by atoms with Gasteiger partial charge >= 0.3 is 12.1 Å². The molecule has 458 valence electrons. The van der Waals surface area contributed by atoms with E-state index >= 15 is 0 Å². The molecule has 0 radical (unpaired) electrons. The molecule has 0 aromatic carbocycles. The summed E-state index contributed by atoms with van der Waals surface area (Å²) in [6.45, 7) is 35.7. The molecular formula is C59H97N13O10. The Labute approximate surface area is 486 Å². The van der Waals surface area contributed by atoms with E-state index in [2.05, 4.69) is 126 Å². The van der Waals surface area contributed by atoms with Crippen LogP contribution in [0.5, 0.6) is 0 Å². The number of allylic oxidation sites excluding steroid dienone is 5. The van der Waals surface area contributed by atoms with Gasteiger partial charge in [0.2, 0.25) is 23.6 Å². The highest BCUT2D eigenvalue weighted by Crippen LogP contribution is 2.18. The summed E-state index contributed by atoms with van der Waals surface area (Å²) in [6, 6.07) is 1.28. The highest BCUT2D eigenvalue weighted by molar-refractivity contribution is 6.28. The number of aliphatic hydroxyl groups excluding tert-OH is 1. The van der Waals surface area contributed by atoms with Gasteiger partial charge in [-0.2, -0.15) is 0 Å². The van der Waals surface area contributed by atoms with E-state index in [1.165, 1.54) is 12.4 Å². The summed E-state index contributed by atoms with van der Waals surface area (Å²) < 4.78 is 0. The maximum atomic E-state index is 11.0. The minimum absolute atomic E-state index is 0.0214. The Balaban J connectivity index is 0.000000462. The molecule has 23 heteroatoms. The molecule has 8 aliphatic heterocycles. The predicted molar refractivity (Wildman–Crippen MR) is 322 cm³/mol. The zero-order chi connectivity index (χ0) is 62.6. The van der Waals surface area contributed by atoms with Crippen molar-refractivity contribution >= 4 is 72.1 Å². The van der Waals surface area contributed by atoms with Crippen LogP contribution >= 0.6 is 0 Å². The van der Waals surface area contributed by atoms with E-state index in [-0.39, 0.29) is 131 Å². The molecule has 2 fully saturated rings. The Bertz CT molecular complexity index is 2370. The topological polar surface area (TPSA) is 331 Å². The number of aliphatic hydroxyl groups is 1. The smallest absolute Gasteiger partial charge is 0.321 e. The van der Waals surface area contributed by atoms with Crippen LogP contribution in [0.4, 0.5) is 9.59 Å². The second-order valence-corrected chi connectivity index (χ2v) is 22.2. The standard InChI is InChI=1S/C8H12.C7H10N2O2.C7H12N2O.C7H11NO2.C7H11NO.C6H10N2O2.C6H10N2O.C6H11N.C5H10N2O/c1-7-5-3-4-6-8(7)2;1-4-5(2)9-6(10)3-8-7(4)11;1-5-3-8-4-7(10)9-6(5)2;1-4-5(2)8-7(10)3-6(4)9;1-5-6(2)8-4-3-7(5)9;1-3-4(2)7-6(10)8-5(3)9;1-4-5(2)7-3-8-6(4)9;1-5-3-4-7-6(5)2;1-3-4(2)7-5(8)6-3/h3-8H,1-2H3;3-5H,1-2H3,(H,9,10);3,5-6H,4H2,1-2H3,(H,9,10);3-5,9H,1-2H3,(H,8,10);3-6,8H,1-2H3;3-4H,1-2H3,(H2,7,8,9,10);3-5H,1-2H3,(H,7,8,9);3-7H,1-2H3;3-4H,1-2H3,(H2,6,7,8). The number of hydrogen-bond acceptors (Lipinski definition) is 14. The van der Waals surface area contributed by atoms with Crippen LogP contribution in [0.2, 0.25) is 0 Å². The first-order valence-corrected chi connectivity index (χ1v) is 28.4. The molecular weight excluding hydrogens is 1050 g/mol. The van der Waals surface area contributed by atoms with Crippen molar-refractivity contribution < 1.29 is 48.3 Å². The summed E-state index contributed by atoms with van der Waals surface area (Å²) in [6.07, 6.45) is 21.8. The molecule has 11 N–H and O–H groups in total. The molecule has 10 amide bonds. The van der Waals surface area contributed by atoms with Crippen molar-refractivity contribution in [3.63, 3.8) is 0 Å². The Hall–Kier alpha value is -7.46. The van der Waals surface area contributed by atoms with Gasteiger partial charge in [-0.15, -0.1) is 0 Å². The van der Waals surface area contributed by atoms with E-state index < -0.39 is 6.03 Å². The summed E-state index contributed by atoms with van der Waals surface area (Å²) in [5.74, 6) is 1.94. The number of ketones is 1. The third kappa shape index (κ3) is 27.3. The molecule has 9 rings (SSSR count). The van der Waals surface area contributed by atoms with Crippen molar-refractivity contribution in [2.45, 2.75) is 179 Å². The molecule has 9 aliphatic rings. The van der Waals surface area contributed by atoms with Gasteiger partial charge in [0.05, 0.1) is 36.3 Å². The molecule has 0 aromatic rings. The number of rotatable bonds is 0. The summed E-state index contributed by atoms with van der Waals surface area (Å²) in [5, 5.41) is 36.2. The molecule has 2 saturated heterocycles. The van der Waals surface area contributed by atoms with Crippen LogP contribution < -0.4 is 53.2 Å². The van der Waals surface area contributed by atoms with Gasteiger partial charge in [0.1, 0.15) is 12.3 Å². The van der Waals surface area contributed by atoms with Crippen LogP contribution in [0.1, 0.15) is 125 Å². The van der Waals surface area contributed by atoms with Crippen molar-refractivity contribution in [1.29, 1.82) is 0 Å². The highest BCUT2D eigenvalue weighted by atomic mass is 16.3. The Morgan fingerprint density at radius 1 is 0.476 bits per heavy atom. The van der Waals surface area contributed by atoms with Crippen LogP contribution in [-0.2, 0) is 33.6 Å². The summed E-state index contributed by atoms with van der Waals surface area (Å²) in [7, 11) is 0. The Morgan fingerprint density at radius 3 is 1.45 bits per heavy atom. The normalized spacial score (nSPS) is 34.2. The number of carbonyl (C=O) groups excluding carboxylic acids is 9. The van der Waals surface area contributed by atoms with Crippen molar-refractivity contribution in [3.05, 3.63) is 60.7 Å². The van der Waals surface area contributed by atoms with E-state index in [1.54, 1.807) is 40.0 Å². The van der Waals surface area contributed by atoms with E-state index in [9.17, 15) is 43.2 Å². The number of hydrogen-bond donors (Lipinski definition) is 11. The Morgan fingerprint density at radius 2 is 1.01 bits per heavy atom. The highest BCUT2D eigenvalue weighted by Gasteiger charge is 2.29. The fourth-order valence-electron chi connectivity index (χ4n) is 7.17. The van der Waals surface area contributed by atoms with Gasteiger partial charge in [-0.25, -0.2) is 14.6 Å². The first-order chi connectivity index (χ1) is 38.3. The molecule has 0 bridgehead atoms. The number of imide groups is 1. The first-order valence-electron chi connectivity index (χ1n) is 28.4. The van der Waals surface area contributed by atoms with E-state index in [0.29, 0.717) is 18.0 Å². The van der Waals surface area contributed by atoms with Crippen molar-refractivity contribution in [1.82, 2.24) is 53.2 Å². The molecule has 0 aromatic heterocycles. The molecule has 23 nitrogen and oxygen atoms in total. The molecule has 1 aliphatic carbocycles. The molecule has 8 heterocycles. The van der Waals surface area contributed by atoms with E-state index in [0.717, 1.165) is 24.0 Å². The summed E-state index contributed by atoms with van der Waals surface area (Å²) in [4.78, 5) is 108. The zero-order valence-electron chi connectivity index (χ0n) is 51.5. The largest absolute Gasteiger partial charge is 0.512 e. The molecule has 18 atom stereocenters. The minimum Gasteiger partial charge on any atom is -0.512 e. The van der Waals surface area contributed by atoms with Crippen LogP contribution in [0.15, 0.2) is 75.7 Å². The van der Waals surface area contributed by atoms with Crippen LogP contribution in [0.3, 0.4) is 0 Å². The first kappa shape index (κ1) is 72.6. The SMILES string of the molecule is CC1C=CC=CC1C.CC1C=CNC1C.CC1C=NCC(=O)NC1C.CC1N=CNC(=O)C1C.CC1NC(=O)C=C(O)C1C.CC1NC(=O)C=NC(=O)C1C.CC1NC(=O)NC(=O)C1C.CC1NC(=O)NC1C.CC1NC=CC(=O)C1C. The number of nitrogens with one attached hydrogen (secondary N) is 10. The lowest BCUT2D eigenvalue weighted by molar-refractivity contribution is -0.125. The van der Waals surface area contributed by atoms with Crippen LogP contribution in [0.25, 0.3) is 0 Å². The number of nitrogens with zero attached hydrogens (tertiary/aromatic N) is 3. The van der Waals surface area contributed by atoms with E-state index in [4.69, 9.17) is 5.11 Å². The lowest BCUT2D eigenvalue weighted by Gasteiger charge is -2.25. The lowest BCUT2D eigenvalue weighted by Crippen LogP contribution is -2.56. The van der Waals surface area contributed by atoms with Crippen molar-refractivity contribution in [2.24, 2.45) is 68.2 Å². The Kier molecular flexibility index (Phi) is 32.6. The second kappa shape index (κ2) is 36.8. The van der Waals surface area contributed by atoms with Gasteiger partial charge in [0, 0.05) is 84.6 Å². The zero-order valence-corrected chi connectivity index (χ0v) is 51.5.